The first-order valence-electron chi connectivity index (χ1n) is 14.3. The van der Waals surface area contributed by atoms with Crippen LogP contribution in [-0.2, 0) is 19.1 Å². The molecular formula is C30H56N2O4. The lowest BCUT2D eigenvalue weighted by Gasteiger charge is -2.51. The van der Waals surface area contributed by atoms with Gasteiger partial charge in [0, 0.05) is 25.9 Å². The maximum absolute atomic E-state index is 12.5. The van der Waals surface area contributed by atoms with Gasteiger partial charge in [-0.15, -0.1) is 0 Å². The maximum atomic E-state index is 12.5. The second-order valence-electron chi connectivity index (χ2n) is 14.3. The molecule has 2 aliphatic rings. The van der Waals surface area contributed by atoms with Crippen molar-refractivity contribution < 1.29 is 19.1 Å². The summed E-state index contributed by atoms with van der Waals surface area (Å²) < 4.78 is 11.9. The van der Waals surface area contributed by atoms with Gasteiger partial charge in [-0.3, -0.25) is 19.4 Å². The molecule has 0 aromatic carbocycles. The van der Waals surface area contributed by atoms with E-state index >= 15 is 0 Å². The van der Waals surface area contributed by atoms with Crippen LogP contribution in [0.5, 0.6) is 0 Å². The van der Waals surface area contributed by atoms with Gasteiger partial charge in [-0.1, -0.05) is 53.4 Å². The van der Waals surface area contributed by atoms with Crippen LogP contribution in [0, 0.1) is 10.8 Å². The van der Waals surface area contributed by atoms with E-state index < -0.39 is 0 Å². The Morgan fingerprint density at radius 3 is 1.25 bits per heavy atom. The van der Waals surface area contributed by atoms with Gasteiger partial charge in [-0.25, -0.2) is 0 Å². The highest BCUT2D eigenvalue weighted by molar-refractivity contribution is 5.70. The van der Waals surface area contributed by atoms with Crippen LogP contribution in [0.4, 0.5) is 0 Å². The lowest BCUT2D eigenvalue weighted by Crippen LogP contribution is -2.60. The molecule has 2 aliphatic heterocycles. The number of unbranched alkanes of at least 4 members (excludes halogenated alkanes) is 5. The van der Waals surface area contributed by atoms with Crippen molar-refractivity contribution in [3.05, 3.63) is 0 Å². The number of carbonyl (C=O) groups excluding carboxylic acids is 2. The zero-order valence-corrected chi connectivity index (χ0v) is 25.2. The maximum Gasteiger partial charge on any atom is 0.306 e. The minimum atomic E-state index is -0.134. The predicted octanol–water partition coefficient (Wildman–Crippen LogP) is 6.21. The quantitative estimate of drug-likeness (QED) is 0.244. The average molecular weight is 509 g/mol. The number of rotatable bonds is 11. The summed E-state index contributed by atoms with van der Waals surface area (Å²) in [5.74, 6) is -0.136. The van der Waals surface area contributed by atoms with Crippen LogP contribution in [0.2, 0.25) is 0 Å². The minimum absolute atomic E-state index is 0.0656. The average Bonchev–Trinajstić information content (AvgIpc) is 2.71. The summed E-state index contributed by atoms with van der Waals surface area (Å²) >= 11 is 0. The zero-order valence-electron chi connectivity index (χ0n) is 25.2. The highest BCUT2D eigenvalue weighted by Crippen LogP contribution is 2.40. The van der Waals surface area contributed by atoms with Crippen LogP contribution in [0.25, 0.3) is 0 Å². The molecule has 2 unspecified atom stereocenters. The normalized spacial score (nSPS) is 27.4. The number of ether oxygens (including phenoxy) is 2. The van der Waals surface area contributed by atoms with E-state index in [1.165, 1.54) is 0 Å². The van der Waals surface area contributed by atoms with Gasteiger partial charge in [-0.05, 0) is 78.3 Å². The number of likely N-dealkylation sites (N-methyl/N-ethyl adjacent to an activating group) is 2. The van der Waals surface area contributed by atoms with Crippen molar-refractivity contribution in [2.24, 2.45) is 10.8 Å². The SMILES string of the molecule is CN1CC(C)(C)CC(OC(=O)CCCCCCCCC(=O)OC2CC(C)(C)CN(C)C2(C)C)C1(C)C. The lowest BCUT2D eigenvalue weighted by atomic mass is 9.74. The fraction of sp³-hybridized carbons (Fsp3) is 0.933. The first kappa shape index (κ1) is 31.1. The van der Waals surface area contributed by atoms with E-state index in [0.717, 1.165) is 64.5 Å². The molecule has 2 heterocycles. The molecule has 6 nitrogen and oxygen atoms in total. The van der Waals surface area contributed by atoms with Gasteiger partial charge in [0.15, 0.2) is 0 Å². The van der Waals surface area contributed by atoms with Crippen LogP contribution in [0.15, 0.2) is 0 Å². The second kappa shape index (κ2) is 12.1. The Labute approximate surface area is 221 Å². The molecule has 0 N–H and O–H groups in total. The number of hydrogen-bond acceptors (Lipinski definition) is 6. The van der Waals surface area contributed by atoms with Crippen molar-refractivity contribution in [3.63, 3.8) is 0 Å². The van der Waals surface area contributed by atoms with E-state index in [4.69, 9.17) is 9.47 Å². The number of nitrogens with zero attached hydrogens (tertiary/aromatic N) is 2. The highest BCUT2D eigenvalue weighted by Gasteiger charge is 2.46. The molecule has 0 spiro atoms. The fourth-order valence-electron chi connectivity index (χ4n) is 5.87. The molecule has 6 heteroatoms. The highest BCUT2D eigenvalue weighted by atomic mass is 16.5. The standard InChI is InChI=1S/C30H56N2O4/c1-27(2)19-23(29(5,6)31(9)21-27)35-25(33)17-15-13-11-12-14-16-18-26(34)36-24-20-28(3,4)22-32(10)30(24,7)8/h23-24H,11-22H2,1-10H3. The van der Waals surface area contributed by atoms with Gasteiger partial charge in [0.1, 0.15) is 12.2 Å². The molecule has 2 fully saturated rings. The molecular weight excluding hydrogens is 452 g/mol. The van der Waals surface area contributed by atoms with Crippen LogP contribution in [-0.4, -0.2) is 72.2 Å². The summed E-state index contributed by atoms with van der Waals surface area (Å²) in [6.45, 7) is 19.7. The van der Waals surface area contributed by atoms with Crippen LogP contribution in [0.3, 0.4) is 0 Å². The summed E-state index contributed by atoms with van der Waals surface area (Å²) in [7, 11) is 4.25. The lowest BCUT2D eigenvalue weighted by molar-refractivity contribution is -0.167. The minimum Gasteiger partial charge on any atom is -0.460 e. The number of piperidine rings is 2. The third-order valence-electron chi connectivity index (χ3n) is 8.91. The molecule has 0 aliphatic carbocycles. The van der Waals surface area contributed by atoms with Gasteiger partial charge in [0.2, 0.25) is 0 Å². The summed E-state index contributed by atoms with van der Waals surface area (Å²) in [6.07, 6.45) is 8.62. The van der Waals surface area contributed by atoms with Gasteiger partial charge in [0.25, 0.3) is 0 Å². The molecule has 36 heavy (non-hydrogen) atoms. The Bertz CT molecular complexity index is 681. The van der Waals surface area contributed by atoms with E-state index in [1.54, 1.807) is 0 Å². The van der Waals surface area contributed by atoms with Crippen molar-refractivity contribution in [2.75, 3.05) is 27.2 Å². The third kappa shape index (κ3) is 8.72. The predicted molar refractivity (Wildman–Crippen MR) is 147 cm³/mol. The number of carbonyl (C=O) groups is 2. The first-order chi connectivity index (χ1) is 16.5. The monoisotopic (exact) mass is 508 g/mol. The summed E-state index contributed by atoms with van der Waals surface area (Å²) in [5.41, 5.74) is 0.0404. The van der Waals surface area contributed by atoms with Crippen molar-refractivity contribution in [1.29, 1.82) is 0 Å². The molecule has 2 rings (SSSR count). The summed E-state index contributed by atoms with van der Waals surface area (Å²) in [6, 6.07) is 0. The molecule has 0 amide bonds. The van der Waals surface area contributed by atoms with E-state index in [-0.39, 0.29) is 46.1 Å². The number of hydrogen-bond donors (Lipinski definition) is 0. The van der Waals surface area contributed by atoms with Crippen molar-refractivity contribution in [1.82, 2.24) is 9.80 Å². The van der Waals surface area contributed by atoms with E-state index in [1.807, 2.05) is 0 Å². The fourth-order valence-corrected chi connectivity index (χ4v) is 5.87. The molecule has 210 valence electrons. The number of likely N-dealkylation sites (tertiary alicyclic amines) is 2. The Morgan fingerprint density at radius 2 is 0.917 bits per heavy atom. The van der Waals surface area contributed by atoms with Crippen molar-refractivity contribution in [2.45, 2.75) is 143 Å². The Kier molecular flexibility index (Phi) is 10.5. The Hall–Kier alpha value is -1.14. The van der Waals surface area contributed by atoms with E-state index in [2.05, 4.69) is 79.3 Å². The van der Waals surface area contributed by atoms with E-state index in [9.17, 15) is 9.59 Å². The van der Waals surface area contributed by atoms with Crippen molar-refractivity contribution in [3.8, 4) is 0 Å². The van der Waals surface area contributed by atoms with Crippen LogP contribution < -0.4 is 0 Å². The van der Waals surface area contributed by atoms with Crippen molar-refractivity contribution >= 4 is 11.9 Å². The number of esters is 2. The Balaban J connectivity index is 1.58. The smallest absolute Gasteiger partial charge is 0.306 e. The van der Waals surface area contributed by atoms with Gasteiger partial charge < -0.3 is 9.47 Å². The third-order valence-corrected chi connectivity index (χ3v) is 8.91. The first-order valence-corrected chi connectivity index (χ1v) is 14.3. The summed E-state index contributed by atoms with van der Waals surface area (Å²) in [5, 5.41) is 0. The molecule has 0 aromatic rings. The van der Waals surface area contributed by atoms with Gasteiger partial charge in [0.05, 0.1) is 11.1 Å². The van der Waals surface area contributed by atoms with Gasteiger partial charge >= 0.3 is 11.9 Å². The molecule has 0 aromatic heterocycles. The molecule has 0 radical (unpaired) electrons. The van der Waals surface area contributed by atoms with Crippen LogP contribution >= 0.6 is 0 Å². The van der Waals surface area contributed by atoms with E-state index in [0.29, 0.717) is 12.8 Å². The molecule has 0 saturated carbocycles. The summed E-state index contributed by atoms with van der Waals surface area (Å²) in [4.78, 5) is 29.6. The van der Waals surface area contributed by atoms with Gasteiger partial charge in [-0.2, -0.15) is 0 Å². The van der Waals surface area contributed by atoms with Crippen LogP contribution in [0.1, 0.15) is 120 Å². The molecule has 2 saturated heterocycles. The largest absolute Gasteiger partial charge is 0.460 e. The molecule has 0 bridgehead atoms. The second-order valence-corrected chi connectivity index (χ2v) is 14.3. The Morgan fingerprint density at radius 1 is 0.611 bits per heavy atom. The molecule has 2 atom stereocenters. The topological polar surface area (TPSA) is 59.1 Å². The zero-order chi connectivity index (χ0) is 27.4.